The molecule has 422 valence electrons. The number of carbonyl (C=O) groups excluding carboxylic acids is 2. The Morgan fingerprint density at radius 3 is 2.46 bits per heavy atom. The standard InChI is InChI=1S/C62H98N8O6/c1-12-14-23-61(9)24-17-28-69(61)58(43(3)4)59(72)66-56(44(5)70-29-16-15-25-65-70)54(68-37-62(38-68)40-75-41-62)22-30-67(31-32-73-10)48-18-19-50-49(13-2)55(53(51(50)34-48)35-60(7,8)39-76-42-71)52-33-47(46-20-26-63-27-21-46)36-64-57(52)45(6)74-11/h18-19,33-34,36,42-43,45-46,49,54,56,58,63,65H,5,12-17,20-32,35,37-41H2,1-4,6-11H3,(H,66,72)/t45-,49?,54+,56+,58-,61-/m0/s1. The van der Waals surface area contributed by atoms with E-state index < -0.39 is 0 Å². The van der Waals surface area contributed by atoms with Gasteiger partial charge in [0.25, 0.3) is 6.47 Å². The van der Waals surface area contributed by atoms with Crippen LogP contribution in [0.4, 0.5) is 5.69 Å². The SMILES string of the molecule is C=C([C@@H](NC(=O)[C@H](C(C)C)N1CCC[C@]1(C)CCCC)[C@@H](CCN(CCOC)c1ccc2c(c1)C(CC(C)(C)COC=O)=C(c1cc(C3CCNCC3)cnc1[C@H](C)OC)C2CC)N1CC2(COC2)C1)N1CCCCN1. The van der Waals surface area contributed by atoms with Gasteiger partial charge in [-0.25, -0.2) is 5.43 Å². The van der Waals surface area contributed by atoms with Gasteiger partial charge in [0.1, 0.15) is 0 Å². The van der Waals surface area contributed by atoms with Crippen molar-refractivity contribution in [1.82, 2.24) is 35.9 Å². The number of aromatic nitrogens is 1. The Labute approximate surface area is 457 Å². The normalized spacial score (nSPS) is 23.7. The van der Waals surface area contributed by atoms with E-state index in [-0.39, 0.29) is 58.3 Å². The van der Waals surface area contributed by atoms with Crippen molar-refractivity contribution in [1.29, 1.82) is 0 Å². The molecule has 6 heterocycles. The van der Waals surface area contributed by atoms with Crippen LogP contribution in [0.15, 0.2) is 42.7 Å². The van der Waals surface area contributed by atoms with E-state index in [1.165, 1.54) is 33.4 Å². The molecule has 1 aromatic heterocycles. The smallest absolute Gasteiger partial charge is 0.293 e. The van der Waals surface area contributed by atoms with Crippen LogP contribution in [0, 0.1) is 16.7 Å². The highest BCUT2D eigenvalue weighted by Gasteiger charge is 2.53. The summed E-state index contributed by atoms with van der Waals surface area (Å²) in [6, 6.07) is 9.00. The van der Waals surface area contributed by atoms with Gasteiger partial charge in [-0.1, -0.05) is 67.0 Å². The highest BCUT2D eigenvalue weighted by atomic mass is 16.5. The van der Waals surface area contributed by atoms with Gasteiger partial charge in [-0.05, 0) is 156 Å². The van der Waals surface area contributed by atoms with Crippen molar-refractivity contribution in [3.8, 4) is 0 Å². The fraction of sp³-hybridized carbons (Fsp3) is 0.726. The molecule has 5 aliphatic heterocycles. The largest absolute Gasteiger partial charge is 0.467 e. The molecule has 3 N–H and O–H groups in total. The van der Waals surface area contributed by atoms with Crippen LogP contribution in [-0.2, 0) is 28.5 Å². The van der Waals surface area contributed by atoms with Crippen LogP contribution in [0.5, 0.6) is 0 Å². The first-order valence-corrected chi connectivity index (χ1v) is 29.6. The van der Waals surface area contributed by atoms with Crippen molar-refractivity contribution in [2.45, 2.75) is 174 Å². The molecule has 5 fully saturated rings. The number of hydrogen-bond acceptors (Lipinski definition) is 13. The number of nitrogens with one attached hydrogen (secondary N) is 3. The van der Waals surface area contributed by atoms with E-state index in [0.717, 1.165) is 153 Å². The number of rotatable bonds is 28. The quantitative estimate of drug-likeness (QED) is 0.0700. The lowest BCUT2D eigenvalue weighted by molar-refractivity contribution is -0.200. The molecule has 1 unspecified atom stereocenters. The summed E-state index contributed by atoms with van der Waals surface area (Å²) in [4.78, 5) is 40.0. The van der Waals surface area contributed by atoms with Gasteiger partial charge in [0.2, 0.25) is 5.91 Å². The molecule has 76 heavy (non-hydrogen) atoms. The van der Waals surface area contributed by atoms with Gasteiger partial charge in [0.05, 0.1) is 50.3 Å². The molecule has 1 aromatic carbocycles. The zero-order chi connectivity index (χ0) is 54.2. The number of anilines is 1. The minimum atomic E-state index is -0.351. The summed E-state index contributed by atoms with van der Waals surface area (Å²) in [5.74, 6) is 0.834. The van der Waals surface area contributed by atoms with Gasteiger partial charge in [0.15, 0.2) is 0 Å². The average Bonchev–Trinajstić information content (AvgIpc) is 3.92. The Kier molecular flexibility index (Phi) is 19.9. The van der Waals surface area contributed by atoms with Crippen LogP contribution in [0.25, 0.3) is 11.1 Å². The fourth-order valence-electron chi connectivity index (χ4n) is 14.0. The summed E-state index contributed by atoms with van der Waals surface area (Å²) >= 11 is 0. The number of ether oxygens (including phenoxy) is 4. The molecule has 14 heteroatoms. The predicted octanol–water partition coefficient (Wildman–Crippen LogP) is 9.48. The first-order valence-electron chi connectivity index (χ1n) is 29.6. The molecule has 0 radical (unpaired) electrons. The van der Waals surface area contributed by atoms with Crippen molar-refractivity contribution in [2.24, 2.45) is 16.7 Å². The molecule has 1 spiro atoms. The number of allylic oxidation sites excluding steroid dienone is 2. The number of pyridine rings is 1. The van der Waals surface area contributed by atoms with Gasteiger partial charge in [-0.15, -0.1) is 0 Å². The fourth-order valence-corrected chi connectivity index (χ4v) is 14.0. The van der Waals surface area contributed by atoms with E-state index >= 15 is 4.79 Å². The van der Waals surface area contributed by atoms with Gasteiger partial charge in [-0.3, -0.25) is 24.4 Å². The number of unbranched alkanes of at least 4 members (excludes halogenated alkanes) is 1. The second-order valence-corrected chi connectivity index (χ2v) is 25.0. The molecule has 1 amide bonds. The van der Waals surface area contributed by atoms with Crippen molar-refractivity contribution in [2.75, 3.05) is 104 Å². The van der Waals surface area contributed by atoms with Crippen LogP contribution in [0.1, 0.15) is 178 Å². The highest BCUT2D eigenvalue weighted by Crippen LogP contribution is 2.54. The van der Waals surface area contributed by atoms with Crippen molar-refractivity contribution < 1.29 is 28.5 Å². The van der Waals surface area contributed by atoms with E-state index in [1.807, 2.05) is 0 Å². The van der Waals surface area contributed by atoms with E-state index in [4.69, 9.17) is 30.5 Å². The lowest BCUT2D eigenvalue weighted by atomic mass is 9.76. The molecule has 0 bridgehead atoms. The third-order valence-electron chi connectivity index (χ3n) is 18.4. The summed E-state index contributed by atoms with van der Waals surface area (Å²) < 4.78 is 23.4. The molecule has 6 aliphatic rings. The maximum Gasteiger partial charge on any atom is 0.293 e. The van der Waals surface area contributed by atoms with Crippen LogP contribution < -0.4 is 21.0 Å². The number of piperidine rings is 1. The number of methoxy groups -OCH3 is 2. The zero-order valence-electron chi connectivity index (χ0n) is 48.6. The molecule has 14 nitrogen and oxygen atoms in total. The lowest BCUT2D eigenvalue weighted by Gasteiger charge is -2.59. The van der Waals surface area contributed by atoms with Gasteiger partial charge < -0.3 is 39.5 Å². The minimum Gasteiger partial charge on any atom is -0.467 e. The molecule has 6 atom stereocenters. The molecule has 2 aromatic rings. The monoisotopic (exact) mass is 1050 g/mol. The predicted molar refractivity (Wildman–Crippen MR) is 306 cm³/mol. The Morgan fingerprint density at radius 1 is 1.04 bits per heavy atom. The van der Waals surface area contributed by atoms with Crippen LogP contribution >= 0.6 is 0 Å². The molecular formula is C62H98N8O6. The number of carbonyl (C=O) groups is 2. The second-order valence-electron chi connectivity index (χ2n) is 25.0. The van der Waals surface area contributed by atoms with Crippen LogP contribution in [0.2, 0.25) is 0 Å². The van der Waals surface area contributed by atoms with Crippen LogP contribution in [0.3, 0.4) is 0 Å². The maximum atomic E-state index is 15.4. The third kappa shape index (κ3) is 12.9. The number of amides is 1. The maximum absolute atomic E-state index is 15.4. The van der Waals surface area contributed by atoms with E-state index in [0.29, 0.717) is 38.6 Å². The van der Waals surface area contributed by atoms with E-state index in [9.17, 15) is 4.79 Å². The molecule has 0 saturated carbocycles. The van der Waals surface area contributed by atoms with Gasteiger partial charge >= 0.3 is 0 Å². The lowest BCUT2D eigenvalue weighted by Crippen LogP contribution is -2.72. The number of nitrogens with zero attached hydrogens (tertiary/aromatic N) is 5. The van der Waals surface area contributed by atoms with Crippen LogP contribution in [-0.4, -0.2) is 155 Å². The Balaban J connectivity index is 1.18. The number of hydrazine groups is 1. The number of likely N-dealkylation sites (tertiary alicyclic amines) is 2. The average molecular weight is 1050 g/mol. The Morgan fingerprint density at radius 2 is 1.82 bits per heavy atom. The first kappa shape index (κ1) is 58.3. The highest BCUT2D eigenvalue weighted by molar-refractivity contribution is 6.01. The second kappa shape index (κ2) is 25.9. The Bertz CT molecular complexity index is 2300. The Hall–Kier alpha value is -3.89. The number of hydrogen-bond donors (Lipinski definition) is 3. The molecular weight excluding hydrogens is 953 g/mol. The topological polar surface area (TPSA) is 133 Å². The zero-order valence-corrected chi connectivity index (χ0v) is 48.6. The summed E-state index contributed by atoms with van der Waals surface area (Å²) in [5, 5.41) is 9.60. The first-order chi connectivity index (χ1) is 36.6. The number of fused-ring (bicyclic) bond motifs is 1. The van der Waals surface area contributed by atoms with Crippen molar-refractivity contribution in [3.63, 3.8) is 0 Å². The van der Waals surface area contributed by atoms with Gasteiger partial charge in [-0.2, -0.15) is 0 Å². The van der Waals surface area contributed by atoms with Crippen molar-refractivity contribution >= 4 is 29.2 Å². The summed E-state index contributed by atoms with van der Waals surface area (Å²) in [6.07, 6.45) is 14.3. The molecule has 5 saturated heterocycles. The van der Waals surface area contributed by atoms with E-state index in [1.54, 1.807) is 14.2 Å². The summed E-state index contributed by atoms with van der Waals surface area (Å²) in [6.45, 7) is 33.9. The van der Waals surface area contributed by atoms with E-state index in [2.05, 4.69) is 122 Å². The summed E-state index contributed by atoms with van der Waals surface area (Å²) in [5.41, 5.74) is 14.2. The van der Waals surface area contributed by atoms with Gasteiger partial charge in [0, 0.05) is 105 Å². The number of benzene rings is 1. The van der Waals surface area contributed by atoms with Crippen molar-refractivity contribution in [3.05, 3.63) is 70.7 Å². The summed E-state index contributed by atoms with van der Waals surface area (Å²) in [7, 11) is 3.56. The third-order valence-corrected chi connectivity index (χ3v) is 18.4. The molecule has 1 aliphatic carbocycles. The minimum absolute atomic E-state index is 0.00116. The molecule has 8 rings (SSSR count).